The van der Waals surface area contributed by atoms with Crippen LogP contribution in [-0.4, -0.2) is 42.6 Å². The fourth-order valence-electron chi connectivity index (χ4n) is 3.68. The van der Waals surface area contributed by atoms with Crippen molar-refractivity contribution in [2.45, 2.75) is 18.5 Å². The maximum Gasteiger partial charge on any atom is 0.417 e. The Hall–Kier alpha value is -3.43. The normalized spacial score (nSPS) is 17.3. The Morgan fingerprint density at radius 3 is 2.76 bits per heavy atom. The molecule has 10 heteroatoms. The summed E-state index contributed by atoms with van der Waals surface area (Å²) in [4.78, 5) is 15.2. The number of anilines is 1. The summed E-state index contributed by atoms with van der Waals surface area (Å²) >= 11 is 0. The first-order valence-electron chi connectivity index (χ1n) is 9.11. The first-order chi connectivity index (χ1) is 14.0. The van der Waals surface area contributed by atoms with Gasteiger partial charge in [0.25, 0.3) is 0 Å². The Bertz CT molecular complexity index is 1150. The van der Waals surface area contributed by atoms with Crippen LogP contribution < -0.4 is 4.90 Å². The number of hydrogen-bond acceptors (Lipinski definition) is 5. The number of pyridine rings is 1. The van der Waals surface area contributed by atoms with E-state index in [1.165, 1.54) is 16.7 Å². The van der Waals surface area contributed by atoms with Crippen LogP contribution in [0.25, 0.3) is 17.2 Å². The average molecular weight is 399 g/mol. The standard InChI is InChI=1S/C19H16F3N7/c20-19(21,22)13-1-2-16-24-9-15(29(16)11-13)18-23-6-4-17(26-18)28-8-5-12(10-28)14-3-7-25-27-14/h1-4,6-7,9,11-12H,5,8,10H2,(H,25,27). The molecular formula is C19H16F3N7. The summed E-state index contributed by atoms with van der Waals surface area (Å²) in [6, 6.07) is 6.13. The van der Waals surface area contributed by atoms with E-state index in [-0.39, 0.29) is 0 Å². The number of nitrogens with zero attached hydrogens (tertiary/aromatic N) is 6. The summed E-state index contributed by atoms with van der Waals surface area (Å²) in [5.74, 6) is 1.40. The lowest BCUT2D eigenvalue weighted by atomic mass is 10.1. The van der Waals surface area contributed by atoms with Crippen LogP contribution in [0.4, 0.5) is 19.0 Å². The number of nitrogens with one attached hydrogen (secondary N) is 1. The van der Waals surface area contributed by atoms with Gasteiger partial charge >= 0.3 is 6.18 Å². The number of aromatic nitrogens is 6. The largest absolute Gasteiger partial charge is 0.417 e. The van der Waals surface area contributed by atoms with Crippen molar-refractivity contribution in [3.05, 3.63) is 60.3 Å². The van der Waals surface area contributed by atoms with Gasteiger partial charge in [0.15, 0.2) is 5.82 Å². The first-order valence-corrected chi connectivity index (χ1v) is 9.11. The van der Waals surface area contributed by atoms with Gasteiger partial charge in [-0.1, -0.05) is 0 Å². The number of rotatable bonds is 3. The molecule has 1 aliphatic heterocycles. The molecule has 1 atom stereocenters. The number of alkyl halides is 3. The topological polar surface area (TPSA) is 75.0 Å². The van der Waals surface area contributed by atoms with Gasteiger partial charge < -0.3 is 4.90 Å². The molecule has 4 aromatic rings. The number of imidazole rings is 1. The van der Waals surface area contributed by atoms with Crippen molar-refractivity contribution >= 4 is 11.5 Å². The van der Waals surface area contributed by atoms with E-state index in [0.717, 1.165) is 43.3 Å². The van der Waals surface area contributed by atoms with Gasteiger partial charge in [0.05, 0.1) is 11.8 Å². The highest BCUT2D eigenvalue weighted by Crippen LogP contribution is 2.31. The molecule has 1 aliphatic rings. The van der Waals surface area contributed by atoms with Gasteiger partial charge in [0.2, 0.25) is 0 Å². The van der Waals surface area contributed by atoms with E-state index >= 15 is 0 Å². The second-order valence-corrected chi connectivity index (χ2v) is 6.97. The number of H-pyrrole nitrogens is 1. The summed E-state index contributed by atoms with van der Waals surface area (Å²) < 4.78 is 40.7. The van der Waals surface area contributed by atoms with Crippen molar-refractivity contribution < 1.29 is 13.2 Å². The van der Waals surface area contributed by atoms with Crippen LogP contribution in [0.1, 0.15) is 23.6 Å². The maximum absolute atomic E-state index is 13.1. The van der Waals surface area contributed by atoms with Crippen molar-refractivity contribution in [1.29, 1.82) is 0 Å². The number of halogens is 3. The zero-order valence-corrected chi connectivity index (χ0v) is 15.1. The molecule has 0 spiro atoms. The lowest BCUT2D eigenvalue weighted by Gasteiger charge is -2.17. The Balaban J connectivity index is 1.47. The van der Waals surface area contributed by atoms with E-state index in [1.807, 2.05) is 12.1 Å². The van der Waals surface area contributed by atoms with Crippen LogP contribution >= 0.6 is 0 Å². The summed E-state index contributed by atoms with van der Waals surface area (Å²) in [6.45, 7) is 1.61. The van der Waals surface area contributed by atoms with E-state index in [4.69, 9.17) is 0 Å². The molecule has 1 N–H and O–H groups in total. The fraction of sp³-hybridized carbons (Fsp3) is 0.263. The SMILES string of the molecule is FC(F)(F)c1ccc2ncc(-c3nccc(N4CCC(c5ccn[nH]5)C4)n3)n2c1. The van der Waals surface area contributed by atoms with Gasteiger partial charge in [0.1, 0.15) is 17.2 Å². The second kappa shape index (κ2) is 6.57. The minimum Gasteiger partial charge on any atom is -0.356 e. The predicted molar refractivity (Wildman–Crippen MR) is 99.4 cm³/mol. The highest BCUT2D eigenvalue weighted by molar-refractivity contribution is 5.59. The number of fused-ring (bicyclic) bond motifs is 1. The summed E-state index contributed by atoms with van der Waals surface area (Å²) in [7, 11) is 0. The van der Waals surface area contributed by atoms with Gasteiger partial charge in [-0.2, -0.15) is 18.3 Å². The molecule has 0 saturated carbocycles. The second-order valence-electron chi connectivity index (χ2n) is 6.97. The third kappa shape index (κ3) is 3.20. The van der Waals surface area contributed by atoms with Crippen LogP contribution in [0, 0.1) is 0 Å². The molecule has 5 rings (SSSR count). The number of aromatic amines is 1. The molecule has 5 heterocycles. The van der Waals surface area contributed by atoms with Crippen LogP contribution in [-0.2, 0) is 6.18 Å². The molecule has 148 valence electrons. The molecule has 0 aliphatic carbocycles. The molecule has 1 saturated heterocycles. The minimum absolute atomic E-state index is 0.333. The molecule has 29 heavy (non-hydrogen) atoms. The van der Waals surface area contributed by atoms with E-state index < -0.39 is 11.7 Å². The van der Waals surface area contributed by atoms with Gasteiger partial charge in [0, 0.05) is 43.3 Å². The highest BCUT2D eigenvalue weighted by atomic mass is 19.4. The summed E-state index contributed by atoms with van der Waals surface area (Å²) in [5, 5.41) is 7.02. The minimum atomic E-state index is -4.43. The van der Waals surface area contributed by atoms with Crippen LogP contribution in [0.15, 0.2) is 49.1 Å². The van der Waals surface area contributed by atoms with Crippen LogP contribution in [0.5, 0.6) is 0 Å². The third-order valence-corrected chi connectivity index (χ3v) is 5.18. The third-order valence-electron chi connectivity index (χ3n) is 5.18. The lowest BCUT2D eigenvalue weighted by Crippen LogP contribution is -2.20. The van der Waals surface area contributed by atoms with Crippen molar-refractivity contribution in [3.63, 3.8) is 0 Å². The number of hydrogen-bond donors (Lipinski definition) is 1. The quantitative estimate of drug-likeness (QED) is 0.571. The molecule has 0 amide bonds. The van der Waals surface area contributed by atoms with Gasteiger partial charge in [-0.05, 0) is 30.7 Å². The first kappa shape index (κ1) is 17.7. The van der Waals surface area contributed by atoms with Crippen molar-refractivity contribution in [3.8, 4) is 11.5 Å². The van der Waals surface area contributed by atoms with Crippen molar-refractivity contribution in [1.82, 2.24) is 29.5 Å². The van der Waals surface area contributed by atoms with E-state index in [1.54, 1.807) is 12.4 Å². The Morgan fingerprint density at radius 2 is 1.97 bits per heavy atom. The van der Waals surface area contributed by atoms with E-state index in [2.05, 4.69) is 30.0 Å². The highest BCUT2D eigenvalue weighted by Gasteiger charge is 2.31. The summed E-state index contributed by atoms with van der Waals surface area (Å²) in [5.41, 5.74) is 1.16. The Morgan fingerprint density at radius 1 is 1.07 bits per heavy atom. The summed E-state index contributed by atoms with van der Waals surface area (Å²) in [6.07, 6.45) is 2.40. The molecule has 0 bridgehead atoms. The zero-order chi connectivity index (χ0) is 20.0. The van der Waals surface area contributed by atoms with Crippen molar-refractivity contribution in [2.75, 3.05) is 18.0 Å². The van der Waals surface area contributed by atoms with E-state index in [9.17, 15) is 13.2 Å². The van der Waals surface area contributed by atoms with Gasteiger partial charge in [-0.15, -0.1) is 0 Å². The van der Waals surface area contributed by atoms with Crippen LogP contribution in [0.2, 0.25) is 0 Å². The monoisotopic (exact) mass is 399 g/mol. The van der Waals surface area contributed by atoms with Gasteiger partial charge in [-0.25, -0.2) is 15.0 Å². The van der Waals surface area contributed by atoms with Crippen LogP contribution in [0.3, 0.4) is 0 Å². The lowest BCUT2D eigenvalue weighted by molar-refractivity contribution is -0.137. The molecular weight excluding hydrogens is 383 g/mol. The molecule has 1 fully saturated rings. The van der Waals surface area contributed by atoms with Crippen molar-refractivity contribution in [2.24, 2.45) is 0 Å². The Kier molecular flexibility index (Phi) is 4.00. The predicted octanol–water partition coefficient (Wildman–Crippen LogP) is 3.53. The Labute approximate surface area is 163 Å². The fourth-order valence-corrected chi connectivity index (χ4v) is 3.68. The molecule has 1 unspecified atom stereocenters. The van der Waals surface area contributed by atoms with Gasteiger partial charge in [-0.3, -0.25) is 9.50 Å². The maximum atomic E-state index is 13.1. The molecule has 4 aromatic heterocycles. The zero-order valence-electron chi connectivity index (χ0n) is 15.1. The molecule has 7 nitrogen and oxygen atoms in total. The molecule has 0 radical (unpaired) electrons. The smallest absolute Gasteiger partial charge is 0.356 e. The van der Waals surface area contributed by atoms with E-state index in [0.29, 0.717) is 23.1 Å². The molecule has 0 aromatic carbocycles. The average Bonchev–Trinajstić information content (AvgIpc) is 3.46.